The molecule has 0 aliphatic carbocycles. The van der Waals surface area contributed by atoms with Crippen LogP contribution < -0.4 is 21.9 Å². The van der Waals surface area contributed by atoms with Crippen molar-refractivity contribution in [1.82, 2.24) is 0 Å². The van der Waals surface area contributed by atoms with E-state index < -0.39 is 5.97 Å². The van der Waals surface area contributed by atoms with Gasteiger partial charge >= 0.3 is 5.97 Å². The number of nitrogens with two attached hydrogens (primary N) is 3. The number of hydrogen-bond acceptors (Lipinski definition) is 6. The highest BCUT2D eigenvalue weighted by atomic mass is 32.1. The highest BCUT2D eigenvalue weighted by Crippen LogP contribution is 2.25. The quantitative estimate of drug-likeness (QED) is 0.215. The maximum atomic E-state index is 12.2. The Morgan fingerprint density at radius 3 is 2.30 bits per heavy atom. The number of phenolic OH excluding ortho intramolecular Hbond substituents is 1. The van der Waals surface area contributed by atoms with Gasteiger partial charge in [0.25, 0.3) is 0 Å². The molecule has 2 aromatic rings. The first-order valence-corrected chi connectivity index (χ1v) is 7.15. The van der Waals surface area contributed by atoms with E-state index in [1.807, 2.05) is 0 Å². The third-order valence-corrected chi connectivity index (χ3v) is 3.43. The number of nitrogen functional groups attached to an aromatic ring is 1. The molecule has 0 aromatic heterocycles. The highest BCUT2D eigenvalue weighted by Gasteiger charge is 2.17. The second kappa shape index (κ2) is 6.59. The van der Waals surface area contributed by atoms with Crippen molar-refractivity contribution in [2.24, 2.45) is 11.5 Å². The zero-order valence-corrected chi connectivity index (χ0v) is 13.4. The first kappa shape index (κ1) is 16.7. The summed E-state index contributed by atoms with van der Waals surface area (Å²) in [4.78, 5) is 12.4. The Morgan fingerprint density at radius 2 is 1.70 bits per heavy atom. The molecule has 118 valence electrons. The van der Waals surface area contributed by atoms with Gasteiger partial charge in [-0.25, -0.2) is 4.79 Å². The molecule has 0 spiro atoms. The summed E-state index contributed by atoms with van der Waals surface area (Å²) in [7, 11) is 0. The summed E-state index contributed by atoms with van der Waals surface area (Å²) in [5, 5.41) is 9.74. The fraction of sp³-hybridized carbons (Fsp3) is 0. The molecule has 7 N–H and O–H groups in total. The van der Waals surface area contributed by atoms with E-state index in [0.717, 1.165) is 0 Å². The molecule has 2 aromatic carbocycles. The number of phenols is 1. The summed E-state index contributed by atoms with van der Waals surface area (Å²) >= 11 is 9.83. The van der Waals surface area contributed by atoms with Gasteiger partial charge in [-0.2, -0.15) is 0 Å². The first-order chi connectivity index (χ1) is 10.8. The normalized spacial score (nSPS) is 10.1. The molecule has 6 nitrogen and oxygen atoms in total. The number of rotatable bonds is 4. The minimum atomic E-state index is -0.796. The van der Waals surface area contributed by atoms with Crippen molar-refractivity contribution in [2.75, 3.05) is 5.73 Å². The molecule has 0 aliphatic rings. The van der Waals surface area contributed by atoms with Gasteiger partial charge < -0.3 is 27.0 Å². The first-order valence-electron chi connectivity index (χ1n) is 6.34. The molecule has 0 atom stereocenters. The van der Waals surface area contributed by atoms with Gasteiger partial charge in [-0.1, -0.05) is 24.4 Å². The summed E-state index contributed by atoms with van der Waals surface area (Å²) < 4.78 is 5.26. The zero-order valence-electron chi connectivity index (χ0n) is 11.8. The van der Waals surface area contributed by atoms with Gasteiger partial charge in [-0.15, -0.1) is 0 Å². The van der Waals surface area contributed by atoms with Crippen molar-refractivity contribution in [3.63, 3.8) is 0 Å². The van der Waals surface area contributed by atoms with Gasteiger partial charge in [0, 0.05) is 11.3 Å². The Kier molecular flexibility index (Phi) is 4.77. The minimum absolute atomic E-state index is 0.0164. The Bertz CT molecular complexity index is 822. The number of aromatic hydroxyl groups is 1. The lowest BCUT2D eigenvalue weighted by atomic mass is 10.1. The Morgan fingerprint density at radius 1 is 1.00 bits per heavy atom. The number of hydrogen-bond donors (Lipinski definition) is 4. The van der Waals surface area contributed by atoms with Crippen LogP contribution in [0, 0.1) is 0 Å². The van der Waals surface area contributed by atoms with Crippen molar-refractivity contribution in [3.05, 3.63) is 53.1 Å². The van der Waals surface area contributed by atoms with Crippen LogP contribution in [-0.4, -0.2) is 21.1 Å². The van der Waals surface area contributed by atoms with Crippen molar-refractivity contribution < 1.29 is 14.6 Å². The van der Waals surface area contributed by atoms with Gasteiger partial charge in [0.1, 0.15) is 27.0 Å². The van der Waals surface area contributed by atoms with Gasteiger partial charge in [-0.05, 0) is 36.4 Å². The molecule has 0 heterocycles. The smallest absolute Gasteiger partial charge is 0.347 e. The lowest BCUT2D eigenvalue weighted by Crippen LogP contribution is -2.17. The van der Waals surface area contributed by atoms with Crippen LogP contribution in [0.15, 0.2) is 36.4 Å². The third-order valence-electron chi connectivity index (χ3n) is 2.97. The number of esters is 1. The van der Waals surface area contributed by atoms with Crippen LogP contribution in [0.5, 0.6) is 11.5 Å². The fourth-order valence-electron chi connectivity index (χ4n) is 1.84. The van der Waals surface area contributed by atoms with E-state index in [9.17, 15) is 9.90 Å². The van der Waals surface area contributed by atoms with E-state index in [-0.39, 0.29) is 27.0 Å². The van der Waals surface area contributed by atoms with Crippen molar-refractivity contribution in [3.8, 4) is 11.5 Å². The predicted molar refractivity (Wildman–Crippen MR) is 95.7 cm³/mol. The van der Waals surface area contributed by atoms with Gasteiger partial charge in [0.05, 0.1) is 5.56 Å². The molecule has 2 rings (SSSR count). The summed E-state index contributed by atoms with van der Waals surface area (Å²) in [6.45, 7) is 0. The molecule has 0 saturated heterocycles. The summed E-state index contributed by atoms with van der Waals surface area (Å²) in [6.07, 6.45) is 0. The van der Waals surface area contributed by atoms with E-state index in [0.29, 0.717) is 16.8 Å². The van der Waals surface area contributed by atoms with Crippen LogP contribution in [0.3, 0.4) is 0 Å². The van der Waals surface area contributed by atoms with Crippen LogP contribution in [-0.2, 0) is 0 Å². The monoisotopic (exact) mass is 347 g/mol. The SMILES string of the molecule is NC(=S)c1ccc(OC(=O)c2cc(N)ccc2O)c(C(N)=S)c1. The molecule has 0 aliphatic heterocycles. The zero-order chi connectivity index (χ0) is 17.1. The summed E-state index contributed by atoms with van der Waals surface area (Å²) in [5.74, 6) is -0.916. The van der Waals surface area contributed by atoms with Gasteiger partial charge in [0.2, 0.25) is 0 Å². The second-order valence-electron chi connectivity index (χ2n) is 4.61. The molecule has 0 unspecified atom stereocenters. The molecule has 8 heteroatoms. The maximum Gasteiger partial charge on any atom is 0.347 e. The second-order valence-corrected chi connectivity index (χ2v) is 5.49. The molecule has 23 heavy (non-hydrogen) atoms. The van der Waals surface area contributed by atoms with E-state index in [1.54, 1.807) is 6.07 Å². The molecule has 0 radical (unpaired) electrons. The topological polar surface area (TPSA) is 125 Å². The summed E-state index contributed by atoms with van der Waals surface area (Å²) in [6, 6.07) is 8.66. The average molecular weight is 347 g/mol. The van der Waals surface area contributed by atoms with Gasteiger partial charge in [-0.3, -0.25) is 0 Å². The Labute approximate surface area is 142 Å². The highest BCUT2D eigenvalue weighted by molar-refractivity contribution is 7.81. The number of carbonyl (C=O) groups excluding carboxylic acids is 1. The van der Waals surface area contributed by atoms with E-state index in [4.69, 9.17) is 46.4 Å². The molecule has 0 bridgehead atoms. The van der Waals surface area contributed by atoms with Crippen LogP contribution in [0.2, 0.25) is 0 Å². The van der Waals surface area contributed by atoms with Crippen LogP contribution in [0.25, 0.3) is 0 Å². The van der Waals surface area contributed by atoms with E-state index in [2.05, 4.69) is 0 Å². The van der Waals surface area contributed by atoms with Gasteiger partial charge in [0.15, 0.2) is 0 Å². The Balaban J connectivity index is 2.39. The lowest BCUT2D eigenvalue weighted by Gasteiger charge is -2.11. The number of anilines is 1. The molecular formula is C15H13N3O3S2. The number of carbonyl (C=O) groups is 1. The fourth-order valence-corrected chi connectivity index (χ4v) is 2.12. The average Bonchev–Trinajstić information content (AvgIpc) is 2.49. The maximum absolute atomic E-state index is 12.2. The number of thiocarbonyl (C=S) groups is 2. The molecular weight excluding hydrogens is 334 g/mol. The van der Waals surface area contributed by atoms with Crippen molar-refractivity contribution in [1.29, 1.82) is 0 Å². The molecule has 0 fully saturated rings. The number of benzene rings is 2. The largest absolute Gasteiger partial charge is 0.507 e. The van der Waals surface area contributed by atoms with Crippen LogP contribution in [0.1, 0.15) is 21.5 Å². The van der Waals surface area contributed by atoms with Crippen LogP contribution in [0.4, 0.5) is 5.69 Å². The minimum Gasteiger partial charge on any atom is -0.507 e. The van der Waals surface area contributed by atoms with Crippen molar-refractivity contribution >= 4 is 46.1 Å². The molecule has 0 saturated carbocycles. The lowest BCUT2D eigenvalue weighted by molar-refractivity contribution is 0.0731. The van der Waals surface area contributed by atoms with E-state index >= 15 is 0 Å². The summed E-state index contributed by atoms with van der Waals surface area (Å²) in [5.41, 5.74) is 17.9. The Hall–Kier alpha value is -2.71. The van der Waals surface area contributed by atoms with E-state index in [1.165, 1.54) is 30.3 Å². The number of ether oxygens (including phenoxy) is 1. The molecule has 0 amide bonds. The predicted octanol–water partition coefficient (Wildman–Crippen LogP) is 1.46. The standard InChI is InChI=1S/C15H13N3O3S2/c16-8-2-3-11(19)9(6-8)15(20)21-12-4-1-7(13(17)22)5-10(12)14(18)23/h1-6,19H,16H2,(H2,17,22)(H2,18,23). The van der Waals surface area contributed by atoms with Crippen LogP contribution >= 0.6 is 24.4 Å². The third kappa shape index (κ3) is 3.74. The van der Waals surface area contributed by atoms with Crippen molar-refractivity contribution in [2.45, 2.75) is 0 Å².